The summed E-state index contributed by atoms with van der Waals surface area (Å²) in [6, 6.07) is 7.25. The standard InChI is InChI=1S/C15H10N4O2S/c1-21-10-4-2-9(3-5-10)19-8-18-11-12-14(17-7-6-16-12)22-13(11)15(19)20/h2-8H,1H3. The fourth-order valence-corrected chi connectivity index (χ4v) is 3.27. The second-order valence-electron chi connectivity index (χ2n) is 4.61. The fraction of sp³-hybridized carbons (Fsp3) is 0.0667. The Morgan fingerprint density at radius 3 is 2.59 bits per heavy atom. The topological polar surface area (TPSA) is 69.9 Å². The molecule has 0 amide bonds. The van der Waals surface area contributed by atoms with Crippen LogP contribution in [0.5, 0.6) is 5.75 Å². The van der Waals surface area contributed by atoms with Gasteiger partial charge < -0.3 is 4.74 Å². The number of rotatable bonds is 2. The predicted octanol–water partition coefficient (Wildman–Crippen LogP) is 2.40. The van der Waals surface area contributed by atoms with Crippen molar-refractivity contribution in [2.24, 2.45) is 0 Å². The average molecular weight is 310 g/mol. The minimum Gasteiger partial charge on any atom is -0.497 e. The first-order valence-corrected chi connectivity index (χ1v) is 7.35. The number of methoxy groups -OCH3 is 1. The van der Waals surface area contributed by atoms with Crippen molar-refractivity contribution >= 4 is 31.9 Å². The summed E-state index contributed by atoms with van der Waals surface area (Å²) in [6.07, 6.45) is 4.73. The summed E-state index contributed by atoms with van der Waals surface area (Å²) in [5.74, 6) is 0.737. The van der Waals surface area contributed by atoms with Gasteiger partial charge in [0.05, 0.1) is 12.8 Å². The van der Waals surface area contributed by atoms with Crippen LogP contribution in [0.3, 0.4) is 0 Å². The van der Waals surface area contributed by atoms with Crippen LogP contribution in [0.4, 0.5) is 0 Å². The normalized spacial score (nSPS) is 11.1. The van der Waals surface area contributed by atoms with Crippen LogP contribution in [0.25, 0.3) is 26.3 Å². The molecule has 0 aliphatic heterocycles. The molecule has 0 radical (unpaired) electrons. The maximum Gasteiger partial charge on any atom is 0.276 e. The molecule has 6 nitrogen and oxygen atoms in total. The molecule has 3 heterocycles. The maximum absolute atomic E-state index is 12.7. The number of ether oxygens (including phenoxy) is 1. The van der Waals surface area contributed by atoms with Gasteiger partial charge in [-0.3, -0.25) is 9.36 Å². The fourth-order valence-electron chi connectivity index (χ4n) is 2.28. The second kappa shape index (κ2) is 4.88. The zero-order chi connectivity index (χ0) is 15.1. The highest BCUT2D eigenvalue weighted by molar-refractivity contribution is 7.25. The molecule has 4 aromatic rings. The van der Waals surface area contributed by atoms with Gasteiger partial charge in [-0.15, -0.1) is 11.3 Å². The van der Waals surface area contributed by atoms with Crippen LogP contribution in [-0.4, -0.2) is 26.6 Å². The van der Waals surface area contributed by atoms with Crippen LogP contribution < -0.4 is 10.3 Å². The molecule has 0 N–H and O–H groups in total. The summed E-state index contributed by atoms with van der Waals surface area (Å²) in [4.78, 5) is 26.3. The Hall–Kier alpha value is -2.80. The molecule has 22 heavy (non-hydrogen) atoms. The van der Waals surface area contributed by atoms with Gasteiger partial charge >= 0.3 is 0 Å². The van der Waals surface area contributed by atoms with E-state index in [-0.39, 0.29) is 5.56 Å². The van der Waals surface area contributed by atoms with Crippen molar-refractivity contribution in [3.05, 3.63) is 53.3 Å². The van der Waals surface area contributed by atoms with Crippen LogP contribution in [0, 0.1) is 0 Å². The predicted molar refractivity (Wildman–Crippen MR) is 84.9 cm³/mol. The van der Waals surface area contributed by atoms with Crippen molar-refractivity contribution in [3.8, 4) is 11.4 Å². The van der Waals surface area contributed by atoms with Crippen LogP contribution in [0.15, 0.2) is 47.8 Å². The van der Waals surface area contributed by atoms with Gasteiger partial charge in [-0.2, -0.15) is 0 Å². The van der Waals surface area contributed by atoms with Gasteiger partial charge in [0.2, 0.25) is 0 Å². The highest BCUT2D eigenvalue weighted by Crippen LogP contribution is 2.26. The van der Waals surface area contributed by atoms with Crippen molar-refractivity contribution in [3.63, 3.8) is 0 Å². The summed E-state index contributed by atoms with van der Waals surface area (Å²) >= 11 is 1.31. The number of hydrogen-bond acceptors (Lipinski definition) is 6. The molecule has 0 spiro atoms. The molecule has 7 heteroatoms. The highest BCUT2D eigenvalue weighted by Gasteiger charge is 2.13. The SMILES string of the molecule is COc1ccc(-n2cnc3c(sc4nccnc43)c2=O)cc1. The molecule has 108 valence electrons. The number of thiophene rings is 1. The Labute approximate surface area is 128 Å². The first-order chi connectivity index (χ1) is 10.8. The van der Waals surface area contributed by atoms with E-state index in [1.807, 2.05) is 12.1 Å². The quantitative estimate of drug-likeness (QED) is 0.568. The van der Waals surface area contributed by atoms with Gasteiger partial charge in [-0.1, -0.05) is 0 Å². The Kier molecular flexibility index (Phi) is 2.87. The van der Waals surface area contributed by atoms with Crippen molar-refractivity contribution in [1.82, 2.24) is 19.5 Å². The van der Waals surface area contributed by atoms with Gasteiger partial charge in [-0.05, 0) is 24.3 Å². The van der Waals surface area contributed by atoms with E-state index in [0.717, 1.165) is 16.3 Å². The molecule has 0 saturated heterocycles. The van der Waals surface area contributed by atoms with Crippen LogP contribution in [0.2, 0.25) is 0 Å². The largest absolute Gasteiger partial charge is 0.497 e. The minimum atomic E-state index is -0.125. The molecule has 0 fully saturated rings. The summed E-state index contributed by atoms with van der Waals surface area (Å²) < 4.78 is 7.19. The van der Waals surface area contributed by atoms with Gasteiger partial charge in [0.15, 0.2) is 0 Å². The zero-order valence-electron chi connectivity index (χ0n) is 11.6. The molecular formula is C15H10N4O2S. The number of hydrogen-bond donors (Lipinski definition) is 0. The first kappa shape index (κ1) is 12.9. The lowest BCUT2D eigenvalue weighted by atomic mass is 10.3. The molecule has 0 unspecified atom stereocenters. The lowest BCUT2D eigenvalue weighted by Gasteiger charge is -2.06. The smallest absolute Gasteiger partial charge is 0.276 e. The van der Waals surface area contributed by atoms with Gasteiger partial charge in [0.1, 0.15) is 32.6 Å². The van der Waals surface area contributed by atoms with Crippen LogP contribution in [0.1, 0.15) is 0 Å². The summed E-state index contributed by atoms with van der Waals surface area (Å²) in [7, 11) is 1.60. The molecule has 1 aromatic carbocycles. The molecule has 3 aromatic heterocycles. The minimum absolute atomic E-state index is 0.125. The maximum atomic E-state index is 12.7. The molecule has 0 bridgehead atoms. The van der Waals surface area contributed by atoms with E-state index in [0.29, 0.717) is 15.7 Å². The van der Waals surface area contributed by atoms with Crippen molar-refractivity contribution in [2.75, 3.05) is 7.11 Å². The van der Waals surface area contributed by atoms with E-state index < -0.39 is 0 Å². The molecule has 0 aliphatic rings. The number of fused-ring (bicyclic) bond motifs is 3. The van der Waals surface area contributed by atoms with E-state index in [9.17, 15) is 4.79 Å². The van der Waals surface area contributed by atoms with Crippen molar-refractivity contribution in [1.29, 1.82) is 0 Å². The summed E-state index contributed by atoms with van der Waals surface area (Å²) in [5, 5.41) is 0. The van der Waals surface area contributed by atoms with E-state index in [2.05, 4.69) is 15.0 Å². The molecule has 0 saturated carbocycles. The summed E-state index contributed by atoms with van der Waals surface area (Å²) in [6.45, 7) is 0. The average Bonchev–Trinajstić information content (AvgIpc) is 2.95. The Morgan fingerprint density at radius 2 is 1.82 bits per heavy atom. The van der Waals surface area contributed by atoms with E-state index in [1.165, 1.54) is 22.2 Å². The Balaban J connectivity index is 1.97. The summed E-state index contributed by atoms with van der Waals surface area (Å²) in [5.41, 5.74) is 1.88. The van der Waals surface area contributed by atoms with Crippen LogP contribution >= 0.6 is 11.3 Å². The van der Waals surface area contributed by atoms with E-state index in [4.69, 9.17) is 4.74 Å². The Morgan fingerprint density at radius 1 is 1.05 bits per heavy atom. The molecule has 0 atom stereocenters. The highest BCUT2D eigenvalue weighted by atomic mass is 32.1. The van der Waals surface area contributed by atoms with Gasteiger partial charge in [0.25, 0.3) is 5.56 Å². The number of nitrogens with zero attached hydrogens (tertiary/aromatic N) is 4. The van der Waals surface area contributed by atoms with Crippen molar-refractivity contribution < 1.29 is 4.74 Å². The van der Waals surface area contributed by atoms with Crippen LogP contribution in [-0.2, 0) is 0 Å². The number of benzene rings is 1. The zero-order valence-corrected chi connectivity index (χ0v) is 12.4. The monoisotopic (exact) mass is 310 g/mol. The molecule has 0 aliphatic carbocycles. The first-order valence-electron chi connectivity index (χ1n) is 6.53. The third-order valence-electron chi connectivity index (χ3n) is 3.37. The van der Waals surface area contributed by atoms with E-state index >= 15 is 0 Å². The molecule has 4 rings (SSSR count). The lowest BCUT2D eigenvalue weighted by Crippen LogP contribution is -2.17. The third kappa shape index (κ3) is 1.86. The van der Waals surface area contributed by atoms with Gasteiger partial charge in [0, 0.05) is 12.4 Å². The van der Waals surface area contributed by atoms with E-state index in [1.54, 1.807) is 31.6 Å². The lowest BCUT2D eigenvalue weighted by molar-refractivity contribution is 0.414. The second-order valence-corrected chi connectivity index (χ2v) is 5.61. The van der Waals surface area contributed by atoms with Crippen molar-refractivity contribution in [2.45, 2.75) is 0 Å². The van der Waals surface area contributed by atoms with Gasteiger partial charge in [-0.25, -0.2) is 15.0 Å². The molecular weight excluding hydrogens is 300 g/mol. The Bertz CT molecular complexity index is 1040. The third-order valence-corrected chi connectivity index (χ3v) is 4.43. The number of aromatic nitrogens is 4.